The molecule has 0 spiro atoms. The molecule has 1 aromatic rings. The van der Waals surface area contributed by atoms with Crippen LogP contribution in [0, 0.1) is 5.92 Å². The molecule has 1 aromatic carbocycles. The van der Waals surface area contributed by atoms with Crippen molar-refractivity contribution in [2.75, 3.05) is 6.54 Å². The first-order valence-electron chi connectivity index (χ1n) is 5.90. The summed E-state index contributed by atoms with van der Waals surface area (Å²) < 4.78 is 0. The molecule has 3 N–H and O–H groups in total. The van der Waals surface area contributed by atoms with E-state index in [1.54, 1.807) is 12.1 Å². The zero-order valence-corrected chi connectivity index (χ0v) is 10.1. The summed E-state index contributed by atoms with van der Waals surface area (Å²) in [6, 6.07) is 7.04. The number of aromatic hydroxyl groups is 1. The fourth-order valence-corrected chi connectivity index (χ4v) is 2.08. The van der Waals surface area contributed by atoms with Gasteiger partial charge in [0.25, 0.3) is 0 Å². The molecule has 17 heavy (non-hydrogen) atoms. The van der Waals surface area contributed by atoms with Gasteiger partial charge in [0.2, 0.25) is 5.91 Å². The Kier molecular flexibility index (Phi) is 3.33. The van der Waals surface area contributed by atoms with Gasteiger partial charge in [0.05, 0.1) is 12.1 Å². The predicted molar refractivity (Wildman–Crippen MR) is 65.6 cm³/mol. The molecule has 4 heteroatoms. The molecule has 4 nitrogen and oxygen atoms in total. The van der Waals surface area contributed by atoms with Gasteiger partial charge < -0.3 is 10.4 Å². The number of hydrogen-bond donors (Lipinski definition) is 3. The molecule has 1 saturated heterocycles. The summed E-state index contributed by atoms with van der Waals surface area (Å²) in [5.41, 5.74) is 1.08. The Hall–Kier alpha value is -1.55. The Morgan fingerprint density at radius 3 is 2.53 bits per heavy atom. The highest BCUT2D eigenvalue weighted by Crippen LogP contribution is 2.20. The van der Waals surface area contributed by atoms with Crippen LogP contribution in [0.1, 0.15) is 25.5 Å². The van der Waals surface area contributed by atoms with E-state index in [4.69, 9.17) is 0 Å². The van der Waals surface area contributed by atoms with E-state index in [0.717, 1.165) is 5.56 Å². The van der Waals surface area contributed by atoms with Crippen molar-refractivity contribution in [1.82, 2.24) is 10.6 Å². The third-order valence-electron chi connectivity index (χ3n) is 3.11. The van der Waals surface area contributed by atoms with Gasteiger partial charge in [-0.05, 0) is 23.6 Å². The third-order valence-corrected chi connectivity index (χ3v) is 3.11. The normalized spacial score (nSPS) is 24.8. The van der Waals surface area contributed by atoms with E-state index in [2.05, 4.69) is 10.6 Å². The van der Waals surface area contributed by atoms with Crippen LogP contribution in [0.4, 0.5) is 0 Å². The Balaban J connectivity index is 2.13. The Morgan fingerprint density at radius 1 is 1.29 bits per heavy atom. The monoisotopic (exact) mass is 234 g/mol. The first-order valence-corrected chi connectivity index (χ1v) is 5.90. The van der Waals surface area contributed by atoms with Crippen LogP contribution >= 0.6 is 0 Å². The highest BCUT2D eigenvalue weighted by Gasteiger charge is 2.30. The molecule has 2 unspecified atom stereocenters. The average Bonchev–Trinajstić information content (AvgIpc) is 2.30. The van der Waals surface area contributed by atoms with E-state index >= 15 is 0 Å². The largest absolute Gasteiger partial charge is 0.508 e. The molecule has 0 bridgehead atoms. The fourth-order valence-electron chi connectivity index (χ4n) is 2.08. The number of phenols is 1. The second kappa shape index (κ2) is 4.75. The summed E-state index contributed by atoms with van der Waals surface area (Å²) in [7, 11) is 0. The van der Waals surface area contributed by atoms with Crippen LogP contribution in [0.25, 0.3) is 0 Å². The van der Waals surface area contributed by atoms with Crippen LogP contribution in [-0.2, 0) is 4.79 Å². The molecule has 1 amide bonds. The molecule has 92 valence electrons. The van der Waals surface area contributed by atoms with Gasteiger partial charge in [-0.15, -0.1) is 0 Å². The SMILES string of the molecule is CC(C)C1NC(c2ccc(O)cc2)CNC1=O. The molecule has 0 radical (unpaired) electrons. The summed E-state index contributed by atoms with van der Waals surface area (Å²) >= 11 is 0. The molecule has 2 atom stereocenters. The first-order chi connectivity index (χ1) is 8.08. The van der Waals surface area contributed by atoms with E-state index in [9.17, 15) is 9.90 Å². The molecule has 1 aliphatic heterocycles. The molecule has 0 saturated carbocycles. The van der Waals surface area contributed by atoms with Crippen molar-refractivity contribution in [3.05, 3.63) is 29.8 Å². The van der Waals surface area contributed by atoms with Gasteiger partial charge in [0, 0.05) is 6.54 Å². The molecule has 0 aliphatic carbocycles. The fraction of sp³-hybridized carbons (Fsp3) is 0.462. The smallest absolute Gasteiger partial charge is 0.237 e. The molecule has 2 rings (SSSR count). The van der Waals surface area contributed by atoms with Crippen LogP contribution < -0.4 is 10.6 Å². The Bertz CT molecular complexity index is 400. The van der Waals surface area contributed by atoms with Crippen molar-refractivity contribution in [2.24, 2.45) is 5.92 Å². The van der Waals surface area contributed by atoms with Gasteiger partial charge >= 0.3 is 0 Å². The number of piperazine rings is 1. The number of rotatable bonds is 2. The van der Waals surface area contributed by atoms with Crippen molar-refractivity contribution in [3.8, 4) is 5.75 Å². The number of hydrogen-bond acceptors (Lipinski definition) is 3. The summed E-state index contributed by atoms with van der Waals surface area (Å²) in [4.78, 5) is 11.7. The minimum absolute atomic E-state index is 0.0648. The highest BCUT2D eigenvalue weighted by atomic mass is 16.3. The van der Waals surface area contributed by atoms with E-state index in [-0.39, 0.29) is 29.7 Å². The highest BCUT2D eigenvalue weighted by molar-refractivity contribution is 5.83. The van der Waals surface area contributed by atoms with Crippen LogP contribution in [-0.4, -0.2) is 23.6 Å². The number of phenolic OH excluding ortho intramolecular Hbond substituents is 1. The van der Waals surface area contributed by atoms with Gasteiger partial charge in [-0.1, -0.05) is 26.0 Å². The summed E-state index contributed by atoms with van der Waals surface area (Å²) in [6.45, 7) is 4.64. The lowest BCUT2D eigenvalue weighted by Gasteiger charge is -2.33. The van der Waals surface area contributed by atoms with Gasteiger partial charge in [0.1, 0.15) is 5.75 Å². The maximum absolute atomic E-state index is 11.7. The summed E-state index contributed by atoms with van der Waals surface area (Å²) in [6.07, 6.45) is 0. The van der Waals surface area contributed by atoms with Crippen molar-refractivity contribution >= 4 is 5.91 Å². The second-order valence-corrected chi connectivity index (χ2v) is 4.78. The van der Waals surface area contributed by atoms with E-state index < -0.39 is 0 Å². The van der Waals surface area contributed by atoms with Crippen molar-refractivity contribution in [3.63, 3.8) is 0 Å². The number of carbonyl (C=O) groups is 1. The lowest BCUT2D eigenvalue weighted by atomic mass is 9.96. The van der Waals surface area contributed by atoms with Gasteiger partial charge in [-0.3, -0.25) is 10.1 Å². The zero-order chi connectivity index (χ0) is 12.4. The van der Waals surface area contributed by atoms with Crippen LogP contribution in [0.5, 0.6) is 5.75 Å². The standard InChI is InChI=1S/C13H18N2O2/c1-8(2)12-13(17)14-7-11(15-12)9-3-5-10(16)6-4-9/h3-6,8,11-12,15-16H,7H2,1-2H3,(H,14,17). The topological polar surface area (TPSA) is 61.4 Å². The maximum Gasteiger partial charge on any atom is 0.237 e. The van der Waals surface area contributed by atoms with Crippen LogP contribution in [0.3, 0.4) is 0 Å². The summed E-state index contributed by atoms with van der Waals surface area (Å²) in [5.74, 6) is 0.582. The first kappa shape index (κ1) is 11.9. The number of nitrogens with one attached hydrogen (secondary N) is 2. The Morgan fingerprint density at radius 2 is 1.94 bits per heavy atom. The van der Waals surface area contributed by atoms with E-state index in [1.807, 2.05) is 26.0 Å². The van der Waals surface area contributed by atoms with E-state index in [1.165, 1.54) is 0 Å². The lowest BCUT2D eigenvalue weighted by Crippen LogP contribution is -2.56. The molecule has 1 aliphatic rings. The number of carbonyl (C=O) groups excluding carboxylic acids is 1. The van der Waals surface area contributed by atoms with Crippen LogP contribution in [0.2, 0.25) is 0 Å². The van der Waals surface area contributed by atoms with Gasteiger partial charge in [-0.25, -0.2) is 0 Å². The van der Waals surface area contributed by atoms with Gasteiger partial charge in [0.15, 0.2) is 0 Å². The molecule has 1 heterocycles. The van der Waals surface area contributed by atoms with Crippen molar-refractivity contribution < 1.29 is 9.90 Å². The second-order valence-electron chi connectivity index (χ2n) is 4.78. The van der Waals surface area contributed by atoms with Crippen molar-refractivity contribution in [2.45, 2.75) is 25.9 Å². The predicted octanol–water partition coefficient (Wildman–Crippen LogP) is 1.18. The molecular formula is C13H18N2O2. The molecular weight excluding hydrogens is 216 g/mol. The number of benzene rings is 1. The van der Waals surface area contributed by atoms with Crippen LogP contribution in [0.15, 0.2) is 24.3 Å². The number of amides is 1. The van der Waals surface area contributed by atoms with E-state index in [0.29, 0.717) is 6.54 Å². The molecule has 1 fully saturated rings. The molecule has 0 aromatic heterocycles. The Labute approximate surface area is 101 Å². The quantitative estimate of drug-likeness (QED) is 0.720. The van der Waals surface area contributed by atoms with Crippen molar-refractivity contribution in [1.29, 1.82) is 0 Å². The third kappa shape index (κ3) is 2.58. The lowest BCUT2D eigenvalue weighted by molar-refractivity contribution is -0.126. The maximum atomic E-state index is 11.7. The minimum atomic E-state index is -0.150. The zero-order valence-electron chi connectivity index (χ0n) is 10.1. The van der Waals surface area contributed by atoms with Gasteiger partial charge in [-0.2, -0.15) is 0 Å². The minimum Gasteiger partial charge on any atom is -0.508 e. The summed E-state index contributed by atoms with van der Waals surface area (Å²) in [5, 5.41) is 15.5. The average molecular weight is 234 g/mol.